The monoisotopic (exact) mass is 414 g/mol. The second-order valence-corrected chi connectivity index (χ2v) is 5.96. The van der Waals surface area contributed by atoms with Gasteiger partial charge in [-0.2, -0.15) is 5.10 Å². The molecule has 0 bridgehead atoms. The number of aromatic hydroxyl groups is 1. The predicted molar refractivity (Wildman–Crippen MR) is 92.1 cm³/mol. The number of nitrogens with zero attached hydrogens (tertiary/aromatic N) is 1. The maximum Gasteiger partial charge on any atom is 0.272 e. The van der Waals surface area contributed by atoms with E-state index in [0.717, 1.165) is 11.1 Å². The van der Waals surface area contributed by atoms with Crippen LogP contribution >= 0.6 is 34.2 Å². The first-order chi connectivity index (χ1) is 9.97. The minimum absolute atomic E-state index is 0.211. The first kappa shape index (κ1) is 15.8. The standard InChI is InChI=1S/C15H12ClIN2O2/c1-9-2-4-11(12(16)6-9)15(21)19-18-8-10-3-5-14(20)13(17)7-10/h2-8,20H,1H3,(H,19,21)/b18-8+. The largest absolute Gasteiger partial charge is 0.507 e. The number of phenols is 1. The molecule has 0 fully saturated rings. The van der Waals surface area contributed by atoms with E-state index >= 15 is 0 Å². The molecule has 6 heteroatoms. The molecule has 0 aliphatic heterocycles. The van der Waals surface area contributed by atoms with Crippen LogP contribution in [-0.4, -0.2) is 17.2 Å². The number of hydrazone groups is 1. The van der Waals surface area contributed by atoms with Crippen LogP contribution in [0.1, 0.15) is 21.5 Å². The zero-order valence-electron chi connectivity index (χ0n) is 11.1. The molecule has 21 heavy (non-hydrogen) atoms. The van der Waals surface area contributed by atoms with E-state index in [1.807, 2.05) is 35.6 Å². The van der Waals surface area contributed by atoms with Crippen LogP contribution < -0.4 is 5.43 Å². The van der Waals surface area contributed by atoms with E-state index in [2.05, 4.69) is 10.5 Å². The van der Waals surface area contributed by atoms with E-state index in [1.165, 1.54) is 6.21 Å². The van der Waals surface area contributed by atoms with Gasteiger partial charge in [-0.25, -0.2) is 5.43 Å². The first-order valence-electron chi connectivity index (χ1n) is 6.05. The lowest BCUT2D eigenvalue weighted by atomic mass is 10.1. The average Bonchev–Trinajstić information content (AvgIpc) is 2.42. The maximum atomic E-state index is 11.9. The van der Waals surface area contributed by atoms with Gasteiger partial charge in [-0.15, -0.1) is 0 Å². The Hall–Kier alpha value is -1.60. The highest BCUT2D eigenvalue weighted by atomic mass is 127. The fourth-order valence-corrected chi connectivity index (χ4v) is 2.49. The minimum atomic E-state index is -0.371. The molecule has 0 aliphatic rings. The van der Waals surface area contributed by atoms with Crippen LogP contribution in [-0.2, 0) is 0 Å². The molecular formula is C15H12ClIN2O2. The van der Waals surface area contributed by atoms with Crippen LogP contribution in [0.25, 0.3) is 0 Å². The van der Waals surface area contributed by atoms with Gasteiger partial charge in [-0.1, -0.05) is 17.7 Å². The maximum absolute atomic E-state index is 11.9. The van der Waals surface area contributed by atoms with Gasteiger partial charge < -0.3 is 5.11 Å². The topological polar surface area (TPSA) is 61.7 Å². The summed E-state index contributed by atoms with van der Waals surface area (Å²) >= 11 is 8.03. The smallest absolute Gasteiger partial charge is 0.272 e. The molecule has 0 atom stereocenters. The van der Waals surface area contributed by atoms with Crippen molar-refractivity contribution in [3.8, 4) is 5.75 Å². The number of benzene rings is 2. The lowest BCUT2D eigenvalue weighted by Gasteiger charge is -2.03. The van der Waals surface area contributed by atoms with Crippen LogP contribution in [0.15, 0.2) is 41.5 Å². The molecule has 4 nitrogen and oxygen atoms in total. The molecular weight excluding hydrogens is 403 g/mol. The molecule has 0 spiro atoms. The zero-order chi connectivity index (χ0) is 15.4. The average molecular weight is 415 g/mol. The fourth-order valence-electron chi connectivity index (χ4n) is 1.63. The van der Waals surface area contributed by atoms with Gasteiger partial charge in [-0.3, -0.25) is 4.79 Å². The molecule has 0 heterocycles. The van der Waals surface area contributed by atoms with Gasteiger partial charge in [0.1, 0.15) is 5.75 Å². The third-order valence-electron chi connectivity index (χ3n) is 2.72. The first-order valence-corrected chi connectivity index (χ1v) is 7.51. The number of hydrogen-bond acceptors (Lipinski definition) is 3. The molecule has 2 aromatic rings. The summed E-state index contributed by atoms with van der Waals surface area (Å²) in [6.45, 7) is 1.90. The van der Waals surface area contributed by atoms with Gasteiger partial charge >= 0.3 is 0 Å². The Kier molecular flexibility index (Phi) is 5.19. The molecule has 2 aromatic carbocycles. The molecule has 0 unspecified atom stereocenters. The Morgan fingerprint density at radius 1 is 1.33 bits per heavy atom. The van der Waals surface area contributed by atoms with E-state index in [1.54, 1.807) is 30.3 Å². The normalized spacial score (nSPS) is 10.8. The number of aryl methyl sites for hydroxylation is 1. The number of hydrogen-bond donors (Lipinski definition) is 2. The number of nitrogens with one attached hydrogen (secondary N) is 1. The molecule has 1 amide bonds. The minimum Gasteiger partial charge on any atom is -0.507 e. The SMILES string of the molecule is Cc1ccc(C(=O)N/N=C/c2ccc(O)c(I)c2)c(Cl)c1. The molecule has 0 aliphatic carbocycles. The Bertz CT molecular complexity index is 717. The lowest BCUT2D eigenvalue weighted by molar-refractivity contribution is 0.0955. The quantitative estimate of drug-likeness (QED) is 0.457. The molecule has 108 valence electrons. The zero-order valence-corrected chi connectivity index (χ0v) is 14.0. The molecule has 2 rings (SSSR count). The molecule has 2 N–H and O–H groups in total. The second-order valence-electron chi connectivity index (χ2n) is 4.39. The Labute approximate surface area is 141 Å². The summed E-state index contributed by atoms with van der Waals surface area (Å²) in [5.74, 6) is -0.159. The highest BCUT2D eigenvalue weighted by Crippen LogP contribution is 2.19. The van der Waals surface area contributed by atoms with Crippen LogP contribution in [0.2, 0.25) is 5.02 Å². The number of halogens is 2. The Balaban J connectivity index is 2.06. The number of rotatable bonds is 3. The van der Waals surface area contributed by atoms with Crippen molar-refractivity contribution >= 4 is 46.3 Å². The van der Waals surface area contributed by atoms with Crippen molar-refractivity contribution in [3.05, 3.63) is 61.7 Å². The lowest BCUT2D eigenvalue weighted by Crippen LogP contribution is -2.18. The van der Waals surface area contributed by atoms with Crippen molar-refractivity contribution in [2.75, 3.05) is 0 Å². The summed E-state index contributed by atoms with van der Waals surface area (Å²) in [6.07, 6.45) is 1.50. The summed E-state index contributed by atoms with van der Waals surface area (Å²) in [6, 6.07) is 10.2. The van der Waals surface area contributed by atoms with Crippen LogP contribution in [0.5, 0.6) is 5.75 Å². The van der Waals surface area contributed by atoms with E-state index in [-0.39, 0.29) is 11.7 Å². The van der Waals surface area contributed by atoms with Crippen molar-refractivity contribution < 1.29 is 9.90 Å². The van der Waals surface area contributed by atoms with Gasteiger partial charge in [0.05, 0.1) is 20.4 Å². The molecule has 0 aromatic heterocycles. The van der Waals surface area contributed by atoms with Gasteiger partial charge in [0.2, 0.25) is 0 Å². The molecule has 0 radical (unpaired) electrons. The highest BCUT2D eigenvalue weighted by Gasteiger charge is 2.09. The molecule has 0 saturated carbocycles. The van der Waals surface area contributed by atoms with Gasteiger partial charge in [0.15, 0.2) is 0 Å². The summed E-state index contributed by atoms with van der Waals surface area (Å²) in [7, 11) is 0. The fraction of sp³-hybridized carbons (Fsp3) is 0.0667. The summed E-state index contributed by atoms with van der Waals surface area (Å²) < 4.78 is 0.712. The number of amides is 1. The highest BCUT2D eigenvalue weighted by molar-refractivity contribution is 14.1. The summed E-state index contributed by atoms with van der Waals surface area (Å²) in [5.41, 5.74) is 4.55. The van der Waals surface area contributed by atoms with Crippen molar-refractivity contribution in [2.24, 2.45) is 5.10 Å². The van der Waals surface area contributed by atoms with E-state index in [0.29, 0.717) is 14.2 Å². The van der Waals surface area contributed by atoms with Crippen LogP contribution in [0.3, 0.4) is 0 Å². The Morgan fingerprint density at radius 3 is 2.76 bits per heavy atom. The van der Waals surface area contributed by atoms with Gasteiger partial charge in [0, 0.05) is 0 Å². The third-order valence-corrected chi connectivity index (χ3v) is 3.90. The van der Waals surface area contributed by atoms with Crippen molar-refractivity contribution in [3.63, 3.8) is 0 Å². The van der Waals surface area contributed by atoms with Crippen molar-refractivity contribution in [1.82, 2.24) is 5.43 Å². The summed E-state index contributed by atoms with van der Waals surface area (Å²) in [4.78, 5) is 11.9. The van der Waals surface area contributed by atoms with Crippen molar-refractivity contribution in [2.45, 2.75) is 6.92 Å². The molecule has 0 saturated heterocycles. The second kappa shape index (κ2) is 6.91. The van der Waals surface area contributed by atoms with Crippen LogP contribution in [0, 0.1) is 10.5 Å². The number of carbonyl (C=O) groups is 1. The van der Waals surface area contributed by atoms with E-state index < -0.39 is 0 Å². The number of carbonyl (C=O) groups excluding carboxylic acids is 1. The van der Waals surface area contributed by atoms with E-state index in [4.69, 9.17) is 11.6 Å². The van der Waals surface area contributed by atoms with Crippen molar-refractivity contribution in [1.29, 1.82) is 0 Å². The third kappa shape index (κ3) is 4.18. The summed E-state index contributed by atoms with van der Waals surface area (Å²) in [5, 5.41) is 13.7. The van der Waals surface area contributed by atoms with Gasteiger partial charge in [0.25, 0.3) is 5.91 Å². The van der Waals surface area contributed by atoms with E-state index in [9.17, 15) is 9.90 Å². The Morgan fingerprint density at radius 2 is 2.10 bits per heavy atom. The number of phenolic OH excluding ortho intramolecular Hbond substituents is 1. The van der Waals surface area contributed by atoms with Gasteiger partial charge in [-0.05, 0) is 71.0 Å². The van der Waals surface area contributed by atoms with Crippen LogP contribution in [0.4, 0.5) is 0 Å². The predicted octanol–water partition coefficient (Wildman–Crippen LogP) is 3.72.